The molecular formula is C11H9BrN2O4. The molecule has 1 aromatic rings. The van der Waals surface area contributed by atoms with Gasteiger partial charge < -0.3 is 15.2 Å². The third-order valence-electron chi connectivity index (χ3n) is 1.99. The zero-order valence-corrected chi connectivity index (χ0v) is 10.9. The quantitative estimate of drug-likeness (QED) is 0.654. The van der Waals surface area contributed by atoms with Crippen molar-refractivity contribution in [3.05, 3.63) is 22.2 Å². The molecule has 1 amide bonds. The van der Waals surface area contributed by atoms with Gasteiger partial charge in [0.15, 0.2) is 5.75 Å². The molecule has 0 radical (unpaired) electrons. The molecule has 0 aromatic heterocycles. The maximum absolute atomic E-state index is 11.4. The van der Waals surface area contributed by atoms with Gasteiger partial charge in [-0.25, -0.2) is 4.79 Å². The Morgan fingerprint density at radius 3 is 2.78 bits per heavy atom. The normalized spacial score (nSPS) is 9.39. The summed E-state index contributed by atoms with van der Waals surface area (Å²) in [7, 11) is 1.18. The van der Waals surface area contributed by atoms with Gasteiger partial charge in [-0.15, -0.1) is 0 Å². The number of rotatable bonds is 3. The molecule has 1 aromatic carbocycles. The summed E-state index contributed by atoms with van der Waals surface area (Å²) in [6, 6.07) is 4.45. The van der Waals surface area contributed by atoms with Gasteiger partial charge in [0.25, 0.3) is 0 Å². The van der Waals surface area contributed by atoms with E-state index in [0.29, 0.717) is 4.47 Å². The van der Waals surface area contributed by atoms with E-state index in [1.807, 2.05) is 0 Å². The molecule has 0 heterocycles. The van der Waals surface area contributed by atoms with Crippen molar-refractivity contribution in [2.24, 2.45) is 0 Å². The summed E-state index contributed by atoms with van der Waals surface area (Å²) < 4.78 is 4.97. The number of nitriles is 1. The van der Waals surface area contributed by atoms with Crippen LogP contribution in [-0.4, -0.2) is 24.1 Å². The fourth-order valence-corrected chi connectivity index (χ4v) is 1.68. The van der Waals surface area contributed by atoms with Crippen molar-refractivity contribution in [2.75, 3.05) is 12.4 Å². The van der Waals surface area contributed by atoms with E-state index in [4.69, 9.17) is 5.26 Å². The molecule has 0 atom stereocenters. The number of ether oxygens (including phenoxy) is 1. The summed E-state index contributed by atoms with van der Waals surface area (Å²) in [4.78, 5) is 22.6. The molecule has 0 aliphatic carbocycles. The number of benzene rings is 1. The van der Waals surface area contributed by atoms with Crippen LogP contribution in [0.1, 0.15) is 16.8 Å². The Morgan fingerprint density at radius 2 is 2.22 bits per heavy atom. The second-order valence-corrected chi connectivity index (χ2v) is 4.14. The number of hydrogen-bond acceptors (Lipinski definition) is 5. The number of halogens is 1. The number of nitrogens with zero attached hydrogens (tertiary/aromatic N) is 1. The lowest BCUT2D eigenvalue weighted by atomic mass is 10.1. The lowest BCUT2D eigenvalue weighted by molar-refractivity contribution is -0.115. The average molecular weight is 313 g/mol. The fourth-order valence-electron chi connectivity index (χ4n) is 1.23. The van der Waals surface area contributed by atoms with Crippen LogP contribution < -0.4 is 5.32 Å². The molecule has 0 saturated carbocycles. The molecule has 7 heteroatoms. The molecule has 6 nitrogen and oxygen atoms in total. The number of nitrogens with one attached hydrogen (secondary N) is 1. The Balaban J connectivity index is 3.14. The third-order valence-corrected chi connectivity index (χ3v) is 2.45. The minimum Gasteiger partial charge on any atom is -0.505 e. The first-order chi connectivity index (χ1) is 8.49. The smallest absolute Gasteiger partial charge is 0.341 e. The summed E-state index contributed by atoms with van der Waals surface area (Å²) in [5.74, 6) is -1.72. The third kappa shape index (κ3) is 3.21. The zero-order chi connectivity index (χ0) is 13.7. The lowest BCUT2D eigenvalue weighted by Crippen LogP contribution is -2.11. The first-order valence-corrected chi connectivity index (χ1v) is 5.56. The number of carbonyl (C=O) groups excluding carboxylic acids is 2. The van der Waals surface area contributed by atoms with Crippen LogP contribution in [0, 0.1) is 11.3 Å². The number of amides is 1. The van der Waals surface area contributed by atoms with Gasteiger partial charge in [0.1, 0.15) is 12.0 Å². The molecule has 18 heavy (non-hydrogen) atoms. The maximum Gasteiger partial charge on any atom is 0.341 e. The molecule has 0 saturated heterocycles. The minimum absolute atomic E-state index is 0.0324. The number of aromatic hydroxyl groups is 1. The van der Waals surface area contributed by atoms with Crippen LogP contribution in [0.4, 0.5) is 5.69 Å². The Bertz CT molecular complexity index is 537. The van der Waals surface area contributed by atoms with E-state index in [9.17, 15) is 14.7 Å². The van der Waals surface area contributed by atoms with Crippen LogP contribution in [0.5, 0.6) is 5.75 Å². The van der Waals surface area contributed by atoms with Gasteiger partial charge >= 0.3 is 5.97 Å². The second kappa shape index (κ2) is 6.02. The van der Waals surface area contributed by atoms with E-state index in [0.717, 1.165) is 0 Å². The SMILES string of the molecule is COC(=O)c1cc(Br)cc(NC(=O)CC#N)c1O. The summed E-state index contributed by atoms with van der Waals surface area (Å²) in [5, 5.41) is 20.5. The highest BCUT2D eigenvalue weighted by Crippen LogP contribution is 2.32. The summed E-state index contributed by atoms with van der Waals surface area (Å²) in [6.45, 7) is 0. The molecule has 2 N–H and O–H groups in total. The number of hydrogen-bond donors (Lipinski definition) is 2. The zero-order valence-electron chi connectivity index (χ0n) is 9.36. The first-order valence-electron chi connectivity index (χ1n) is 4.77. The van der Waals surface area contributed by atoms with E-state index in [-0.39, 0.29) is 17.7 Å². The number of anilines is 1. The summed E-state index contributed by atoms with van der Waals surface area (Å²) >= 11 is 3.14. The van der Waals surface area contributed by atoms with Gasteiger partial charge in [0.05, 0.1) is 18.9 Å². The Morgan fingerprint density at radius 1 is 1.56 bits per heavy atom. The topological polar surface area (TPSA) is 99.4 Å². The largest absolute Gasteiger partial charge is 0.505 e. The van der Waals surface area contributed by atoms with E-state index in [2.05, 4.69) is 26.0 Å². The van der Waals surface area contributed by atoms with Crippen LogP contribution in [-0.2, 0) is 9.53 Å². The molecule has 0 spiro atoms. The van der Waals surface area contributed by atoms with Gasteiger partial charge in [-0.1, -0.05) is 15.9 Å². The van der Waals surface area contributed by atoms with Crippen LogP contribution in [0.15, 0.2) is 16.6 Å². The van der Waals surface area contributed by atoms with Crippen LogP contribution in [0.3, 0.4) is 0 Å². The highest BCUT2D eigenvalue weighted by atomic mass is 79.9. The van der Waals surface area contributed by atoms with Crippen molar-refractivity contribution in [3.63, 3.8) is 0 Å². The lowest BCUT2D eigenvalue weighted by Gasteiger charge is -2.10. The Kier molecular flexibility index (Phi) is 4.68. The van der Waals surface area contributed by atoms with Gasteiger partial charge in [-0.3, -0.25) is 4.79 Å². The number of phenolic OH excluding ortho intramolecular Hbond substituents is 1. The van der Waals surface area contributed by atoms with Crippen molar-refractivity contribution in [3.8, 4) is 11.8 Å². The van der Waals surface area contributed by atoms with Crippen molar-refractivity contribution < 1.29 is 19.4 Å². The Hall–Kier alpha value is -2.07. The van der Waals surface area contributed by atoms with Gasteiger partial charge in [-0.05, 0) is 12.1 Å². The Labute approximate surface area is 111 Å². The fraction of sp³-hybridized carbons (Fsp3) is 0.182. The van der Waals surface area contributed by atoms with E-state index in [1.165, 1.54) is 19.2 Å². The van der Waals surface area contributed by atoms with Crippen LogP contribution in [0.2, 0.25) is 0 Å². The number of phenols is 1. The van der Waals surface area contributed by atoms with Crippen molar-refractivity contribution >= 4 is 33.5 Å². The van der Waals surface area contributed by atoms with Crippen molar-refractivity contribution in [2.45, 2.75) is 6.42 Å². The second-order valence-electron chi connectivity index (χ2n) is 3.22. The highest BCUT2D eigenvalue weighted by Gasteiger charge is 2.17. The molecule has 0 unspecified atom stereocenters. The predicted octanol–water partition coefficient (Wildman–Crippen LogP) is 1.79. The average Bonchev–Trinajstić information content (AvgIpc) is 2.32. The molecule has 0 aliphatic heterocycles. The van der Waals surface area contributed by atoms with E-state index in [1.54, 1.807) is 6.07 Å². The molecule has 0 bridgehead atoms. The standard InChI is InChI=1S/C11H9BrN2O4/c1-18-11(17)7-4-6(12)5-8(10(7)16)14-9(15)2-3-13/h4-5,16H,2H2,1H3,(H,14,15). The van der Waals surface area contributed by atoms with Crippen molar-refractivity contribution in [1.82, 2.24) is 0 Å². The van der Waals surface area contributed by atoms with Gasteiger partial charge in [0, 0.05) is 4.47 Å². The molecule has 0 fully saturated rings. The number of carbonyl (C=O) groups is 2. The van der Waals surface area contributed by atoms with Crippen LogP contribution >= 0.6 is 15.9 Å². The maximum atomic E-state index is 11.4. The van der Waals surface area contributed by atoms with E-state index >= 15 is 0 Å². The minimum atomic E-state index is -0.732. The monoisotopic (exact) mass is 312 g/mol. The van der Waals surface area contributed by atoms with Gasteiger partial charge in [0.2, 0.25) is 5.91 Å². The van der Waals surface area contributed by atoms with Crippen molar-refractivity contribution in [1.29, 1.82) is 5.26 Å². The summed E-state index contributed by atoms with van der Waals surface area (Å²) in [6.07, 6.45) is -0.348. The molecule has 1 rings (SSSR count). The van der Waals surface area contributed by atoms with Crippen LogP contribution in [0.25, 0.3) is 0 Å². The molecule has 94 valence electrons. The van der Waals surface area contributed by atoms with E-state index < -0.39 is 17.6 Å². The summed E-state index contributed by atoms with van der Waals surface area (Å²) in [5.41, 5.74) is -0.0517. The first kappa shape index (κ1) is 14.0. The molecule has 0 aliphatic rings. The highest BCUT2D eigenvalue weighted by molar-refractivity contribution is 9.10. The predicted molar refractivity (Wildman–Crippen MR) is 66.0 cm³/mol. The van der Waals surface area contributed by atoms with Gasteiger partial charge in [-0.2, -0.15) is 5.26 Å². The number of esters is 1. The number of methoxy groups -OCH3 is 1. The molecular weight excluding hydrogens is 304 g/mol.